The molecule has 0 fully saturated rings. The van der Waals surface area contributed by atoms with E-state index in [0.29, 0.717) is 18.7 Å². The molecule has 1 aromatic heterocycles. The van der Waals surface area contributed by atoms with Gasteiger partial charge in [-0.3, -0.25) is 0 Å². The van der Waals surface area contributed by atoms with E-state index >= 15 is 0 Å². The SMILES string of the molecule is NCCC#Cc1nc(Cl)cnc1N. The Balaban J connectivity index is 2.89. The topological polar surface area (TPSA) is 77.8 Å². The Morgan fingerprint density at radius 3 is 3.00 bits per heavy atom. The largest absolute Gasteiger partial charge is 0.381 e. The molecular formula is C8H9ClN4. The molecule has 68 valence electrons. The van der Waals surface area contributed by atoms with Crippen LogP contribution in [-0.2, 0) is 0 Å². The average molecular weight is 197 g/mol. The van der Waals surface area contributed by atoms with Crippen LogP contribution in [0.15, 0.2) is 6.20 Å². The van der Waals surface area contributed by atoms with Gasteiger partial charge < -0.3 is 11.5 Å². The minimum Gasteiger partial charge on any atom is -0.381 e. The summed E-state index contributed by atoms with van der Waals surface area (Å²) in [4.78, 5) is 7.72. The van der Waals surface area contributed by atoms with Gasteiger partial charge in [-0.05, 0) is 5.92 Å². The molecule has 0 aliphatic heterocycles. The van der Waals surface area contributed by atoms with Crippen molar-refractivity contribution >= 4 is 17.4 Å². The molecule has 0 unspecified atom stereocenters. The zero-order chi connectivity index (χ0) is 9.68. The van der Waals surface area contributed by atoms with Gasteiger partial charge in [0.2, 0.25) is 0 Å². The van der Waals surface area contributed by atoms with Gasteiger partial charge in [0.1, 0.15) is 5.15 Å². The first-order chi connectivity index (χ1) is 6.24. The van der Waals surface area contributed by atoms with Crippen molar-refractivity contribution in [1.82, 2.24) is 9.97 Å². The van der Waals surface area contributed by atoms with Crippen molar-refractivity contribution in [1.29, 1.82) is 0 Å². The number of nitrogens with zero attached hydrogens (tertiary/aromatic N) is 2. The molecular weight excluding hydrogens is 188 g/mol. The van der Waals surface area contributed by atoms with E-state index in [4.69, 9.17) is 23.1 Å². The van der Waals surface area contributed by atoms with Crippen LogP contribution < -0.4 is 11.5 Å². The molecule has 4 nitrogen and oxygen atoms in total. The number of anilines is 1. The number of halogens is 1. The van der Waals surface area contributed by atoms with Crippen LogP contribution >= 0.6 is 11.6 Å². The standard InChI is InChI=1S/C8H9ClN4/c9-7-5-12-8(11)6(13-7)3-1-2-4-10/h5H,2,4,10H2,(H2,11,12). The number of hydrogen-bond acceptors (Lipinski definition) is 4. The second kappa shape index (κ2) is 4.65. The van der Waals surface area contributed by atoms with Crippen molar-refractivity contribution in [2.45, 2.75) is 6.42 Å². The highest BCUT2D eigenvalue weighted by molar-refractivity contribution is 6.29. The van der Waals surface area contributed by atoms with Crippen LogP contribution in [0.5, 0.6) is 0 Å². The van der Waals surface area contributed by atoms with Crippen molar-refractivity contribution < 1.29 is 0 Å². The van der Waals surface area contributed by atoms with E-state index in [0.717, 1.165) is 0 Å². The van der Waals surface area contributed by atoms with Crippen LogP contribution in [0.4, 0.5) is 5.82 Å². The first kappa shape index (κ1) is 9.78. The second-order valence-electron chi connectivity index (χ2n) is 2.27. The lowest BCUT2D eigenvalue weighted by molar-refractivity contribution is 1.03. The van der Waals surface area contributed by atoms with E-state index in [1.165, 1.54) is 6.20 Å². The number of rotatable bonds is 1. The molecule has 13 heavy (non-hydrogen) atoms. The third-order valence-corrected chi connectivity index (χ3v) is 1.43. The molecule has 0 amide bonds. The monoisotopic (exact) mass is 196 g/mol. The first-order valence-corrected chi connectivity index (χ1v) is 4.09. The van der Waals surface area contributed by atoms with E-state index < -0.39 is 0 Å². The minimum atomic E-state index is 0.284. The molecule has 5 heteroatoms. The summed E-state index contributed by atoms with van der Waals surface area (Å²) in [5, 5.41) is 0.284. The Hall–Kier alpha value is -1.31. The fourth-order valence-electron chi connectivity index (χ4n) is 0.687. The summed E-state index contributed by atoms with van der Waals surface area (Å²) >= 11 is 5.61. The zero-order valence-corrected chi connectivity index (χ0v) is 7.67. The Bertz CT molecular complexity index is 353. The van der Waals surface area contributed by atoms with Gasteiger partial charge in [0.25, 0.3) is 0 Å². The zero-order valence-electron chi connectivity index (χ0n) is 6.92. The molecule has 1 heterocycles. The quantitative estimate of drug-likeness (QED) is 0.638. The van der Waals surface area contributed by atoms with Gasteiger partial charge >= 0.3 is 0 Å². The van der Waals surface area contributed by atoms with Crippen LogP contribution in [-0.4, -0.2) is 16.5 Å². The third-order valence-electron chi connectivity index (χ3n) is 1.25. The molecule has 0 saturated heterocycles. The lowest BCUT2D eigenvalue weighted by atomic mass is 10.3. The summed E-state index contributed by atoms with van der Waals surface area (Å²) in [6.07, 6.45) is 1.98. The van der Waals surface area contributed by atoms with Crippen LogP contribution in [0, 0.1) is 11.8 Å². The average Bonchev–Trinajstić information content (AvgIpc) is 2.11. The fourth-order valence-corrected chi connectivity index (χ4v) is 0.821. The Morgan fingerprint density at radius 2 is 2.31 bits per heavy atom. The van der Waals surface area contributed by atoms with Crippen molar-refractivity contribution in [3.8, 4) is 11.8 Å². The summed E-state index contributed by atoms with van der Waals surface area (Å²) in [6, 6.07) is 0. The van der Waals surface area contributed by atoms with E-state index in [9.17, 15) is 0 Å². The molecule has 0 aromatic carbocycles. The molecule has 0 aliphatic carbocycles. The van der Waals surface area contributed by atoms with Crippen molar-refractivity contribution in [2.24, 2.45) is 5.73 Å². The maximum atomic E-state index is 5.61. The van der Waals surface area contributed by atoms with Gasteiger partial charge in [-0.15, -0.1) is 0 Å². The maximum Gasteiger partial charge on any atom is 0.158 e. The number of nitrogen functional groups attached to an aromatic ring is 1. The van der Waals surface area contributed by atoms with E-state index in [1.807, 2.05) is 0 Å². The second-order valence-corrected chi connectivity index (χ2v) is 2.65. The van der Waals surface area contributed by atoms with Gasteiger partial charge in [0.15, 0.2) is 11.5 Å². The summed E-state index contributed by atoms with van der Waals surface area (Å²) in [7, 11) is 0. The van der Waals surface area contributed by atoms with Crippen molar-refractivity contribution in [3.05, 3.63) is 17.0 Å². The fraction of sp³-hybridized carbons (Fsp3) is 0.250. The Kier molecular flexibility index (Phi) is 3.50. The first-order valence-electron chi connectivity index (χ1n) is 3.71. The van der Waals surface area contributed by atoms with Gasteiger partial charge in [0, 0.05) is 13.0 Å². The molecule has 0 atom stereocenters. The molecule has 0 spiro atoms. The van der Waals surface area contributed by atoms with Crippen LogP contribution in [0.2, 0.25) is 5.15 Å². The third kappa shape index (κ3) is 2.90. The molecule has 0 bridgehead atoms. The van der Waals surface area contributed by atoms with Gasteiger partial charge in [-0.1, -0.05) is 17.5 Å². The highest BCUT2D eigenvalue weighted by Crippen LogP contribution is 2.07. The number of aromatic nitrogens is 2. The predicted molar refractivity (Wildman–Crippen MR) is 52.0 cm³/mol. The maximum absolute atomic E-state index is 5.61. The normalized spacial score (nSPS) is 9.08. The number of nitrogens with two attached hydrogens (primary N) is 2. The van der Waals surface area contributed by atoms with Crippen molar-refractivity contribution in [3.63, 3.8) is 0 Å². The van der Waals surface area contributed by atoms with Gasteiger partial charge in [-0.25, -0.2) is 9.97 Å². The van der Waals surface area contributed by atoms with E-state index in [1.54, 1.807) is 0 Å². The van der Waals surface area contributed by atoms with Gasteiger partial charge in [-0.2, -0.15) is 0 Å². The van der Waals surface area contributed by atoms with Crippen LogP contribution in [0.3, 0.4) is 0 Å². The Labute approximate surface area is 81.3 Å². The van der Waals surface area contributed by atoms with Crippen LogP contribution in [0.1, 0.15) is 12.1 Å². The predicted octanol–water partition coefficient (Wildman–Crippen LogP) is 0.413. The van der Waals surface area contributed by atoms with Crippen molar-refractivity contribution in [2.75, 3.05) is 12.3 Å². The summed E-state index contributed by atoms with van der Waals surface area (Å²) in [5.41, 5.74) is 11.2. The summed E-state index contributed by atoms with van der Waals surface area (Å²) < 4.78 is 0. The Morgan fingerprint density at radius 1 is 1.54 bits per heavy atom. The highest BCUT2D eigenvalue weighted by atomic mass is 35.5. The molecule has 0 saturated carbocycles. The van der Waals surface area contributed by atoms with E-state index in [2.05, 4.69) is 21.8 Å². The summed E-state index contributed by atoms with van der Waals surface area (Å²) in [5.74, 6) is 5.83. The molecule has 1 rings (SSSR count). The lowest BCUT2D eigenvalue weighted by Crippen LogP contribution is -1.98. The molecule has 0 radical (unpaired) electrons. The molecule has 4 N–H and O–H groups in total. The molecule has 1 aromatic rings. The van der Waals surface area contributed by atoms with E-state index in [-0.39, 0.29) is 11.0 Å². The van der Waals surface area contributed by atoms with Gasteiger partial charge in [0.05, 0.1) is 6.20 Å². The van der Waals surface area contributed by atoms with Crippen LogP contribution in [0.25, 0.3) is 0 Å². The summed E-state index contributed by atoms with van der Waals surface area (Å²) in [6.45, 7) is 0.515. The highest BCUT2D eigenvalue weighted by Gasteiger charge is 1.98. The lowest BCUT2D eigenvalue weighted by Gasteiger charge is -1.95. The minimum absolute atomic E-state index is 0.284. The smallest absolute Gasteiger partial charge is 0.158 e. The number of hydrogen-bond donors (Lipinski definition) is 2. The molecule has 0 aliphatic rings.